The van der Waals surface area contributed by atoms with Crippen LogP contribution in [0, 0.1) is 5.92 Å². The molecule has 0 heterocycles. The Hall–Kier alpha value is -2.73. The molecule has 0 unspecified atom stereocenters. The van der Waals surface area contributed by atoms with Crippen molar-refractivity contribution in [1.29, 1.82) is 0 Å². The molecule has 0 aliphatic heterocycles. The Labute approximate surface area is 165 Å². The van der Waals surface area contributed by atoms with E-state index >= 15 is 0 Å². The minimum atomic E-state index is -0.129. The number of rotatable bonds is 6. The molecule has 0 spiro atoms. The first-order chi connectivity index (χ1) is 12.9. The Bertz CT molecular complexity index is 806. The van der Waals surface area contributed by atoms with Crippen molar-refractivity contribution in [3.8, 4) is 0 Å². The van der Waals surface area contributed by atoms with Gasteiger partial charge in [-0.05, 0) is 55.4 Å². The molecule has 27 heavy (non-hydrogen) atoms. The molecule has 2 aromatic carbocycles. The molecule has 2 N–H and O–H groups in total. The van der Waals surface area contributed by atoms with E-state index in [1.165, 1.54) is 0 Å². The Balaban J connectivity index is 2.09. The topological polar surface area (TPSA) is 61.4 Å². The van der Waals surface area contributed by atoms with Crippen LogP contribution in [0.15, 0.2) is 54.6 Å². The highest BCUT2D eigenvalue weighted by Crippen LogP contribution is 2.18. The lowest BCUT2D eigenvalue weighted by molar-refractivity contribution is -0.120. The van der Waals surface area contributed by atoms with Crippen molar-refractivity contribution in [3.63, 3.8) is 0 Å². The van der Waals surface area contributed by atoms with Crippen LogP contribution >= 0.6 is 12.2 Å². The molecule has 142 valence electrons. The van der Waals surface area contributed by atoms with Crippen LogP contribution in [0.25, 0.3) is 0 Å². The summed E-state index contributed by atoms with van der Waals surface area (Å²) in [5.74, 6) is 0.0323. The van der Waals surface area contributed by atoms with Crippen LogP contribution in [0.5, 0.6) is 0 Å². The summed E-state index contributed by atoms with van der Waals surface area (Å²) in [7, 11) is 0. The smallest absolute Gasteiger partial charge is 0.258 e. The Morgan fingerprint density at radius 2 is 1.78 bits per heavy atom. The van der Waals surface area contributed by atoms with E-state index in [9.17, 15) is 9.59 Å². The first-order valence-electron chi connectivity index (χ1n) is 8.98. The first-order valence-corrected chi connectivity index (χ1v) is 9.39. The molecule has 0 atom stereocenters. The van der Waals surface area contributed by atoms with Crippen LogP contribution in [0.2, 0.25) is 0 Å². The van der Waals surface area contributed by atoms with Gasteiger partial charge in [-0.2, -0.15) is 0 Å². The minimum Gasteiger partial charge on any atom is -0.332 e. The zero-order valence-electron chi connectivity index (χ0n) is 15.9. The van der Waals surface area contributed by atoms with Crippen LogP contribution in [-0.2, 0) is 4.79 Å². The van der Waals surface area contributed by atoms with Crippen LogP contribution in [-0.4, -0.2) is 23.5 Å². The fourth-order valence-corrected chi connectivity index (χ4v) is 2.88. The van der Waals surface area contributed by atoms with E-state index in [0.29, 0.717) is 24.2 Å². The number of nitrogens with zero attached hydrogens (tertiary/aromatic N) is 1. The van der Waals surface area contributed by atoms with Gasteiger partial charge in [0.15, 0.2) is 5.11 Å². The van der Waals surface area contributed by atoms with Crippen molar-refractivity contribution in [2.24, 2.45) is 5.92 Å². The van der Waals surface area contributed by atoms with Crippen molar-refractivity contribution < 1.29 is 9.59 Å². The second kappa shape index (κ2) is 9.83. The van der Waals surface area contributed by atoms with Crippen molar-refractivity contribution >= 4 is 40.5 Å². The Kier molecular flexibility index (Phi) is 7.49. The Morgan fingerprint density at radius 3 is 2.41 bits per heavy atom. The van der Waals surface area contributed by atoms with Crippen molar-refractivity contribution in [1.82, 2.24) is 5.32 Å². The molecular weight excluding hydrogens is 358 g/mol. The number of hydrogen-bond donors (Lipinski definition) is 2. The number of benzene rings is 2. The lowest BCUT2D eigenvalue weighted by Crippen LogP contribution is -2.34. The summed E-state index contributed by atoms with van der Waals surface area (Å²) in [5, 5.41) is 5.84. The van der Waals surface area contributed by atoms with Gasteiger partial charge in [-0.15, -0.1) is 0 Å². The molecule has 0 saturated heterocycles. The molecule has 0 fully saturated rings. The van der Waals surface area contributed by atoms with Gasteiger partial charge in [-0.3, -0.25) is 9.59 Å². The fourth-order valence-electron chi connectivity index (χ4n) is 2.65. The molecule has 5 nitrogen and oxygen atoms in total. The molecule has 2 rings (SSSR count). The largest absolute Gasteiger partial charge is 0.332 e. The summed E-state index contributed by atoms with van der Waals surface area (Å²) >= 11 is 5.19. The molecule has 0 aliphatic carbocycles. The second-order valence-electron chi connectivity index (χ2n) is 6.57. The van der Waals surface area contributed by atoms with Gasteiger partial charge < -0.3 is 15.5 Å². The highest BCUT2D eigenvalue weighted by molar-refractivity contribution is 7.80. The van der Waals surface area contributed by atoms with E-state index in [4.69, 9.17) is 12.2 Å². The van der Waals surface area contributed by atoms with Crippen LogP contribution in [0.3, 0.4) is 0 Å². The number of carbonyl (C=O) groups is 2. The summed E-state index contributed by atoms with van der Waals surface area (Å²) in [6.45, 7) is 6.44. The van der Waals surface area contributed by atoms with Crippen molar-refractivity contribution in [2.75, 3.05) is 16.8 Å². The van der Waals surface area contributed by atoms with E-state index in [0.717, 1.165) is 5.69 Å². The number of hydrogen-bond acceptors (Lipinski definition) is 3. The molecule has 0 radical (unpaired) electrons. The fraction of sp³-hybridized carbons (Fsp3) is 0.286. The zero-order valence-corrected chi connectivity index (χ0v) is 16.7. The summed E-state index contributed by atoms with van der Waals surface area (Å²) in [6.07, 6.45) is 0.406. The van der Waals surface area contributed by atoms with Gasteiger partial charge in [0.25, 0.3) is 5.91 Å². The average molecular weight is 384 g/mol. The molecule has 0 saturated carbocycles. The normalized spacial score (nSPS) is 10.4. The summed E-state index contributed by atoms with van der Waals surface area (Å²) in [4.78, 5) is 26.4. The van der Waals surface area contributed by atoms with E-state index in [1.807, 2.05) is 51.1 Å². The van der Waals surface area contributed by atoms with E-state index in [2.05, 4.69) is 10.6 Å². The first kappa shape index (κ1) is 20.6. The summed E-state index contributed by atoms with van der Waals surface area (Å²) < 4.78 is 0. The second-order valence-corrected chi connectivity index (χ2v) is 6.97. The van der Waals surface area contributed by atoms with Gasteiger partial charge in [0.1, 0.15) is 0 Å². The SMILES string of the molecule is CCN(C(=O)c1cccc(NC(=S)NC(=O)CC(C)C)c1)c1ccccc1. The molecule has 2 amide bonds. The molecule has 2 aromatic rings. The van der Waals surface area contributed by atoms with Crippen LogP contribution < -0.4 is 15.5 Å². The molecule has 0 aliphatic rings. The predicted octanol–water partition coefficient (Wildman–Crippen LogP) is 4.21. The lowest BCUT2D eigenvalue weighted by atomic mass is 10.1. The molecule has 6 heteroatoms. The van der Waals surface area contributed by atoms with E-state index < -0.39 is 0 Å². The van der Waals surface area contributed by atoms with Crippen LogP contribution in [0.4, 0.5) is 11.4 Å². The van der Waals surface area contributed by atoms with Crippen LogP contribution in [0.1, 0.15) is 37.6 Å². The third-order valence-electron chi connectivity index (χ3n) is 3.84. The lowest BCUT2D eigenvalue weighted by Gasteiger charge is -2.21. The van der Waals surface area contributed by atoms with Gasteiger partial charge in [0.05, 0.1) is 0 Å². The number of nitrogens with one attached hydrogen (secondary N) is 2. The number of thiocarbonyl (C=S) groups is 1. The minimum absolute atomic E-state index is 0.0953. The molecule has 0 aromatic heterocycles. The van der Waals surface area contributed by atoms with Gasteiger partial charge in [-0.25, -0.2) is 0 Å². The molecular formula is C21H25N3O2S. The zero-order chi connectivity index (χ0) is 19.8. The third-order valence-corrected chi connectivity index (χ3v) is 4.05. The molecule has 0 bridgehead atoms. The highest BCUT2D eigenvalue weighted by atomic mass is 32.1. The number of amides is 2. The predicted molar refractivity (Wildman–Crippen MR) is 114 cm³/mol. The van der Waals surface area contributed by atoms with Crippen molar-refractivity contribution in [2.45, 2.75) is 27.2 Å². The monoisotopic (exact) mass is 383 g/mol. The number of anilines is 2. The summed E-state index contributed by atoms with van der Waals surface area (Å²) in [5.41, 5.74) is 2.04. The van der Waals surface area contributed by atoms with E-state index in [-0.39, 0.29) is 22.8 Å². The van der Waals surface area contributed by atoms with Gasteiger partial charge in [-0.1, -0.05) is 38.1 Å². The maximum Gasteiger partial charge on any atom is 0.258 e. The van der Waals surface area contributed by atoms with Gasteiger partial charge >= 0.3 is 0 Å². The van der Waals surface area contributed by atoms with Gasteiger partial charge in [0.2, 0.25) is 5.91 Å². The maximum atomic E-state index is 12.9. The average Bonchev–Trinajstić information content (AvgIpc) is 2.62. The van der Waals surface area contributed by atoms with Crippen molar-refractivity contribution in [3.05, 3.63) is 60.2 Å². The number of para-hydroxylation sites is 1. The Morgan fingerprint density at radius 1 is 1.07 bits per heavy atom. The quantitative estimate of drug-likeness (QED) is 0.734. The highest BCUT2D eigenvalue weighted by Gasteiger charge is 2.16. The van der Waals surface area contributed by atoms with Gasteiger partial charge in [0, 0.05) is 29.9 Å². The van der Waals surface area contributed by atoms with E-state index in [1.54, 1.807) is 29.2 Å². The maximum absolute atomic E-state index is 12.9. The third kappa shape index (κ3) is 6.18. The number of carbonyl (C=O) groups excluding carboxylic acids is 2. The summed E-state index contributed by atoms with van der Waals surface area (Å²) in [6, 6.07) is 16.6. The standard InChI is InChI=1S/C21H25N3O2S/c1-4-24(18-11-6-5-7-12-18)20(26)16-9-8-10-17(14-16)22-21(27)23-19(25)13-15(2)3/h5-12,14-15H,4,13H2,1-3H3,(H2,22,23,25,27).